The lowest BCUT2D eigenvalue weighted by Gasteiger charge is -2.08. The van der Waals surface area contributed by atoms with Crippen LogP contribution < -0.4 is 15.8 Å². The number of halogens is 2. The Labute approximate surface area is 117 Å². The summed E-state index contributed by atoms with van der Waals surface area (Å²) >= 11 is 9.30. The van der Waals surface area contributed by atoms with Crippen LogP contribution in [-0.2, 0) is 0 Å². The zero-order valence-corrected chi connectivity index (χ0v) is 11.7. The van der Waals surface area contributed by atoms with Gasteiger partial charge in [0.15, 0.2) is 0 Å². The van der Waals surface area contributed by atoms with Gasteiger partial charge in [0.2, 0.25) is 11.9 Å². The maximum Gasteiger partial charge on any atom is 0.322 e. The molecule has 0 radical (unpaired) electrons. The Kier molecular flexibility index (Phi) is 3.83. The normalized spacial score (nSPS) is 10.2. The molecule has 1 aromatic heterocycles. The van der Waals surface area contributed by atoms with Gasteiger partial charge in [-0.2, -0.15) is 15.0 Å². The van der Waals surface area contributed by atoms with Gasteiger partial charge in [-0.1, -0.05) is 11.6 Å². The number of hydrogen-bond donors (Lipinski definition) is 2. The van der Waals surface area contributed by atoms with Gasteiger partial charge in [-0.05, 0) is 34.1 Å². The van der Waals surface area contributed by atoms with Crippen LogP contribution in [0.1, 0.15) is 0 Å². The molecule has 1 aromatic carbocycles. The number of ether oxygens (including phenoxy) is 1. The van der Waals surface area contributed by atoms with Gasteiger partial charge in [0.1, 0.15) is 0 Å². The second-order valence-corrected chi connectivity index (χ2v) is 4.54. The van der Waals surface area contributed by atoms with Gasteiger partial charge in [0.05, 0.1) is 12.8 Å². The predicted octanol–water partition coefficient (Wildman–Crippen LogP) is 2.62. The third kappa shape index (κ3) is 2.99. The van der Waals surface area contributed by atoms with Gasteiger partial charge in [-0.25, -0.2) is 0 Å². The quantitative estimate of drug-likeness (QED) is 0.899. The molecule has 6 nitrogen and oxygen atoms in total. The first-order chi connectivity index (χ1) is 8.58. The van der Waals surface area contributed by atoms with Crippen molar-refractivity contribution in [3.63, 3.8) is 0 Å². The molecule has 2 rings (SSSR count). The molecule has 0 spiro atoms. The molecule has 0 saturated heterocycles. The van der Waals surface area contributed by atoms with Crippen molar-refractivity contribution in [1.82, 2.24) is 15.0 Å². The highest BCUT2D eigenvalue weighted by molar-refractivity contribution is 9.10. The highest BCUT2D eigenvalue weighted by Crippen LogP contribution is 2.28. The Bertz CT molecular complexity index is 580. The van der Waals surface area contributed by atoms with E-state index in [0.717, 1.165) is 10.2 Å². The number of hydrogen-bond acceptors (Lipinski definition) is 6. The van der Waals surface area contributed by atoms with Crippen LogP contribution in [0.4, 0.5) is 17.6 Å². The fraction of sp³-hybridized carbons (Fsp3) is 0.100. The summed E-state index contributed by atoms with van der Waals surface area (Å²) in [4.78, 5) is 11.8. The van der Waals surface area contributed by atoms with Crippen LogP contribution in [0.5, 0.6) is 6.01 Å². The summed E-state index contributed by atoms with van der Waals surface area (Å²) in [6.45, 7) is 0. The molecular weight excluding hydrogens is 322 g/mol. The number of anilines is 3. The number of nitrogens with two attached hydrogens (primary N) is 1. The maximum absolute atomic E-state index is 5.91. The van der Waals surface area contributed by atoms with Crippen molar-refractivity contribution in [3.8, 4) is 6.01 Å². The Morgan fingerprint density at radius 3 is 2.83 bits per heavy atom. The minimum Gasteiger partial charge on any atom is -0.467 e. The standard InChI is InChI=1S/C10H9BrClN5O/c1-18-10-16-8(13)15-9(17-10)14-7-4-5(12)2-3-6(7)11/h2-4H,1H3,(H3,13,14,15,16,17). The molecule has 0 aliphatic carbocycles. The van der Waals surface area contributed by atoms with E-state index in [1.807, 2.05) is 6.07 Å². The van der Waals surface area contributed by atoms with Crippen molar-refractivity contribution >= 4 is 45.1 Å². The minimum atomic E-state index is 0.0718. The van der Waals surface area contributed by atoms with E-state index in [0.29, 0.717) is 5.02 Å². The highest BCUT2D eigenvalue weighted by atomic mass is 79.9. The van der Waals surface area contributed by atoms with E-state index in [4.69, 9.17) is 22.1 Å². The number of nitrogen functional groups attached to an aromatic ring is 1. The molecule has 0 aliphatic rings. The number of nitrogens with one attached hydrogen (secondary N) is 1. The SMILES string of the molecule is COc1nc(N)nc(Nc2cc(Cl)ccc2Br)n1. The zero-order chi connectivity index (χ0) is 13.1. The van der Waals surface area contributed by atoms with Crippen molar-refractivity contribution in [1.29, 1.82) is 0 Å². The van der Waals surface area contributed by atoms with Crippen LogP contribution in [0.2, 0.25) is 5.02 Å². The Balaban J connectivity index is 2.33. The van der Waals surface area contributed by atoms with Crippen LogP contribution in [0.3, 0.4) is 0 Å². The molecule has 8 heteroatoms. The molecule has 0 fully saturated rings. The lowest BCUT2D eigenvalue weighted by molar-refractivity contribution is 0.380. The van der Waals surface area contributed by atoms with E-state index < -0.39 is 0 Å². The molecule has 0 aliphatic heterocycles. The smallest absolute Gasteiger partial charge is 0.322 e. The van der Waals surface area contributed by atoms with Crippen LogP contribution in [-0.4, -0.2) is 22.1 Å². The van der Waals surface area contributed by atoms with Gasteiger partial charge in [-0.15, -0.1) is 0 Å². The fourth-order valence-electron chi connectivity index (χ4n) is 1.23. The van der Waals surface area contributed by atoms with Crippen LogP contribution in [0.15, 0.2) is 22.7 Å². The lowest BCUT2D eigenvalue weighted by atomic mass is 10.3. The van der Waals surface area contributed by atoms with E-state index in [9.17, 15) is 0 Å². The predicted molar refractivity (Wildman–Crippen MR) is 73.2 cm³/mol. The Morgan fingerprint density at radius 1 is 1.33 bits per heavy atom. The molecule has 3 N–H and O–H groups in total. The molecule has 18 heavy (non-hydrogen) atoms. The number of benzene rings is 1. The van der Waals surface area contributed by atoms with Crippen LogP contribution in [0.25, 0.3) is 0 Å². The summed E-state index contributed by atoms with van der Waals surface area (Å²) in [5.41, 5.74) is 6.25. The first kappa shape index (κ1) is 12.8. The summed E-state index contributed by atoms with van der Waals surface area (Å²) in [7, 11) is 1.45. The number of nitrogens with zero attached hydrogens (tertiary/aromatic N) is 3. The van der Waals surface area contributed by atoms with E-state index in [2.05, 4.69) is 36.2 Å². The fourth-order valence-corrected chi connectivity index (χ4v) is 1.75. The molecule has 0 unspecified atom stereocenters. The number of methoxy groups -OCH3 is 1. The zero-order valence-electron chi connectivity index (χ0n) is 9.32. The van der Waals surface area contributed by atoms with Gasteiger partial charge in [-0.3, -0.25) is 0 Å². The molecule has 0 amide bonds. The Morgan fingerprint density at radius 2 is 2.11 bits per heavy atom. The average Bonchev–Trinajstić information content (AvgIpc) is 2.33. The van der Waals surface area contributed by atoms with Gasteiger partial charge >= 0.3 is 6.01 Å². The summed E-state index contributed by atoms with van der Waals surface area (Å²) < 4.78 is 5.73. The molecule has 1 heterocycles. The Hall–Kier alpha value is -1.60. The summed E-state index contributed by atoms with van der Waals surface area (Å²) in [5, 5.41) is 3.57. The second-order valence-electron chi connectivity index (χ2n) is 3.25. The molecule has 0 atom stereocenters. The molecule has 2 aromatic rings. The molecule has 94 valence electrons. The maximum atomic E-state index is 5.91. The summed E-state index contributed by atoms with van der Waals surface area (Å²) in [6.07, 6.45) is 0. The average molecular weight is 331 g/mol. The van der Waals surface area contributed by atoms with Crippen molar-refractivity contribution in [3.05, 3.63) is 27.7 Å². The van der Waals surface area contributed by atoms with Crippen molar-refractivity contribution in [2.45, 2.75) is 0 Å². The summed E-state index contributed by atoms with van der Waals surface area (Å²) in [6, 6.07) is 5.45. The molecule has 0 bridgehead atoms. The minimum absolute atomic E-state index is 0.0718. The first-order valence-corrected chi connectivity index (χ1v) is 6.03. The van der Waals surface area contributed by atoms with Crippen molar-refractivity contribution in [2.75, 3.05) is 18.2 Å². The van der Waals surface area contributed by atoms with E-state index in [1.165, 1.54) is 7.11 Å². The first-order valence-electron chi connectivity index (χ1n) is 4.86. The third-order valence-electron chi connectivity index (χ3n) is 1.99. The van der Waals surface area contributed by atoms with Crippen molar-refractivity contribution in [2.24, 2.45) is 0 Å². The van der Waals surface area contributed by atoms with Gasteiger partial charge in [0, 0.05) is 9.50 Å². The number of aromatic nitrogens is 3. The monoisotopic (exact) mass is 329 g/mol. The van der Waals surface area contributed by atoms with Crippen molar-refractivity contribution < 1.29 is 4.74 Å². The van der Waals surface area contributed by atoms with Crippen LogP contribution in [0, 0.1) is 0 Å². The second kappa shape index (κ2) is 5.36. The molecule has 0 saturated carbocycles. The third-order valence-corrected chi connectivity index (χ3v) is 2.92. The topological polar surface area (TPSA) is 86.0 Å². The number of rotatable bonds is 3. The van der Waals surface area contributed by atoms with Gasteiger partial charge in [0.25, 0.3) is 0 Å². The highest BCUT2D eigenvalue weighted by Gasteiger charge is 2.07. The lowest BCUT2D eigenvalue weighted by Crippen LogP contribution is -2.05. The van der Waals surface area contributed by atoms with E-state index in [1.54, 1.807) is 12.1 Å². The van der Waals surface area contributed by atoms with Gasteiger partial charge < -0.3 is 15.8 Å². The molecular formula is C10H9BrClN5O. The van der Waals surface area contributed by atoms with E-state index in [-0.39, 0.29) is 17.9 Å². The van der Waals surface area contributed by atoms with E-state index >= 15 is 0 Å². The summed E-state index contributed by atoms with van der Waals surface area (Å²) in [5.74, 6) is 0.352. The van der Waals surface area contributed by atoms with Crippen LogP contribution >= 0.6 is 27.5 Å². The largest absolute Gasteiger partial charge is 0.467 e.